The Morgan fingerprint density at radius 2 is 2.05 bits per heavy atom. The normalized spacial score (nSPS) is 11.8. The van der Waals surface area contributed by atoms with Crippen LogP contribution < -0.4 is 0 Å². The van der Waals surface area contributed by atoms with Gasteiger partial charge in [-0.25, -0.2) is 12.7 Å². The zero-order valence-electron chi connectivity index (χ0n) is 10.8. The molecule has 0 saturated heterocycles. The van der Waals surface area contributed by atoms with Gasteiger partial charge in [0.1, 0.15) is 0 Å². The maximum Gasteiger partial charge on any atom is 0.303 e. The minimum Gasteiger partial charge on any atom is -0.481 e. The van der Waals surface area contributed by atoms with E-state index in [1.54, 1.807) is 12.1 Å². The fourth-order valence-corrected chi connectivity index (χ4v) is 3.07. The number of carboxylic acids is 1. The highest BCUT2D eigenvalue weighted by molar-refractivity contribution is 9.10. The van der Waals surface area contributed by atoms with E-state index in [9.17, 15) is 13.2 Å². The first-order chi connectivity index (χ1) is 8.75. The van der Waals surface area contributed by atoms with E-state index in [4.69, 9.17) is 5.11 Å². The molecule has 19 heavy (non-hydrogen) atoms. The van der Waals surface area contributed by atoms with E-state index < -0.39 is 16.0 Å². The molecule has 0 aliphatic rings. The molecular formula is C12H16BrNO4S. The first-order valence-electron chi connectivity index (χ1n) is 5.69. The number of aliphatic carboxylic acids is 1. The third-order valence-electron chi connectivity index (χ3n) is 2.70. The number of aryl methyl sites for hydroxylation is 1. The lowest BCUT2D eigenvalue weighted by atomic mass is 10.2. The summed E-state index contributed by atoms with van der Waals surface area (Å²) < 4.78 is 26.5. The molecule has 106 valence electrons. The van der Waals surface area contributed by atoms with Crippen LogP contribution in [0.4, 0.5) is 0 Å². The van der Waals surface area contributed by atoms with Gasteiger partial charge >= 0.3 is 5.97 Å². The summed E-state index contributed by atoms with van der Waals surface area (Å²) in [6.45, 7) is 2.00. The molecule has 0 atom stereocenters. The molecule has 0 fully saturated rings. The van der Waals surface area contributed by atoms with Crippen molar-refractivity contribution in [1.82, 2.24) is 4.31 Å². The molecule has 0 bridgehead atoms. The quantitative estimate of drug-likeness (QED) is 0.854. The van der Waals surface area contributed by atoms with E-state index in [0.29, 0.717) is 6.42 Å². The SMILES string of the molecule is Cc1cc(S(=O)(=O)N(C)CCCC(=O)O)ccc1Br. The highest BCUT2D eigenvalue weighted by Gasteiger charge is 2.21. The van der Waals surface area contributed by atoms with Crippen LogP contribution in [0.25, 0.3) is 0 Å². The van der Waals surface area contributed by atoms with Crippen molar-refractivity contribution in [3.63, 3.8) is 0 Å². The number of halogens is 1. The van der Waals surface area contributed by atoms with Crippen LogP contribution in [-0.4, -0.2) is 37.4 Å². The zero-order chi connectivity index (χ0) is 14.6. The van der Waals surface area contributed by atoms with Gasteiger partial charge in [0.25, 0.3) is 0 Å². The Kier molecular flexibility index (Phi) is 5.51. The monoisotopic (exact) mass is 349 g/mol. The van der Waals surface area contributed by atoms with E-state index in [1.165, 1.54) is 17.4 Å². The lowest BCUT2D eigenvalue weighted by Gasteiger charge is -2.17. The summed E-state index contributed by atoms with van der Waals surface area (Å²) in [5.74, 6) is -0.926. The van der Waals surface area contributed by atoms with Crippen LogP contribution in [0.3, 0.4) is 0 Å². The predicted octanol–water partition coefficient (Wildman–Crippen LogP) is 2.24. The van der Waals surface area contributed by atoms with Crippen molar-refractivity contribution in [2.45, 2.75) is 24.7 Å². The number of carbonyl (C=O) groups is 1. The second-order valence-corrected chi connectivity index (χ2v) is 7.13. The molecule has 0 unspecified atom stereocenters. The minimum atomic E-state index is -3.56. The van der Waals surface area contributed by atoms with Crippen molar-refractivity contribution in [2.24, 2.45) is 0 Å². The molecule has 1 N–H and O–H groups in total. The number of nitrogens with zero attached hydrogens (tertiary/aromatic N) is 1. The summed E-state index contributed by atoms with van der Waals surface area (Å²) in [4.78, 5) is 10.6. The van der Waals surface area contributed by atoms with Gasteiger partial charge in [0, 0.05) is 24.5 Å². The van der Waals surface area contributed by atoms with Crippen molar-refractivity contribution in [3.05, 3.63) is 28.2 Å². The highest BCUT2D eigenvalue weighted by Crippen LogP contribution is 2.22. The summed E-state index contributed by atoms with van der Waals surface area (Å²) in [6, 6.07) is 4.81. The average molecular weight is 350 g/mol. The van der Waals surface area contributed by atoms with Gasteiger partial charge in [-0.15, -0.1) is 0 Å². The van der Waals surface area contributed by atoms with Gasteiger partial charge in [-0.1, -0.05) is 15.9 Å². The first kappa shape index (κ1) is 16.1. The molecule has 0 spiro atoms. The molecule has 0 radical (unpaired) electrons. The van der Waals surface area contributed by atoms with Crippen LogP contribution in [0, 0.1) is 6.92 Å². The van der Waals surface area contributed by atoms with Crippen LogP contribution in [0.1, 0.15) is 18.4 Å². The summed E-state index contributed by atoms with van der Waals surface area (Å²) in [6.07, 6.45) is 0.250. The lowest BCUT2D eigenvalue weighted by Crippen LogP contribution is -2.28. The van der Waals surface area contributed by atoms with E-state index >= 15 is 0 Å². The van der Waals surface area contributed by atoms with Gasteiger partial charge in [0.2, 0.25) is 10.0 Å². The summed E-state index contributed by atoms with van der Waals surface area (Å²) in [5.41, 5.74) is 0.833. The Hall–Kier alpha value is -0.920. The van der Waals surface area contributed by atoms with E-state index in [0.717, 1.165) is 10.0 Å². The number of carboxylic acid groups (broad SMARTS) is 1. The molecule has 0 aromatic heterocycles. The van der Waals surface area contributed by atoms with Crippen LogP contribution in [0.2, 0.25) is 0 Å². The number of sulfonamides is 1. The van der Waals surface area contributed by atoms with Crippen LogP contribution in [0.15, 0.2) is 27.6 Å². The standard InChI is InChI=1S/C12H16BrNO4S/c1-9-8-10(5-6-11(9)13)19(17,18)14(2)7-3-4-12(15)16/h5-6,8H,3-4,7H2,1-2H3,(H,15,16). The third-order valence-corrected chi connectivity index (χ3v) is 5.44. The molecule has 0 aliphatic heterocycles. The average Bonchev–Trinajstić information content (AvgIpc) is 2.31. The fraction of sp³-hybridized carbons (Fsp3) is 0.417. The molecule has 0 saturated carbocycles. The maximum absolute atomic E-state index is 12.2. The minimum absolute atomic E-state index is 0.0424. The van der Waals surface area contributed by atoms with Gasteiger partial charge < -0.3 is 5.11 Å². The molecule has 1 aromatic carbocycles. The number of benzene rings is 1. The molecule has 1 rings (SSSR count). The maximum atomic E-state index is 12.2. The molecule has 7 heteroatoms. The lowest BCUT2D eigenvalue weighted by molar-refractivity contribution is -0.137. The van der Waals surface area contributed by atoms with Crippen LogP contribution in [-0.2, 0) is 14.8 Å². The molecule has 5 nitrogen and oxygen atoms in total. The number of rotatable bonds is 6. The van der Waals surface area contributed by atoms with E-state index in [-0.39, 0.29) is 17.9 Å². The summed E-state index contributed by atoms with van der Waals surface area (Å²) in [7, 11) is -2.10. The van der Waals surface area contributed by atoms with Gasteiger partial charge in [-0.05, 0) is 37.1 Å². The summed E-state index contributed by atoms with van der Waals surface area (Å²) >= 11 is 3.32. The Morgan fingerprint density at radius 3 is 2.58 bits per heavy atom. The summed E-state index contributed by atoms with van der Waals surface area (Å²) in [5, 5.41) is 8.54. The zero-order valence-corrected chi connectivity index (χ0v) is 13.2. The Morgan fingerprint density at radius 1 is 1.42 bits per heavy atom. The van der Waals surface area contributed by atoms with E-state index in [1.807, 2.05) is 6.92 Å². The third kappa shape index (κ3) is 4.29. The smallest absolute Gasteiger partial charge is 0.303 e. The van der Waals surface area contributed by atoms with Gasteiger partial charge in [-0.3, -0.25) is 4.79 Å². The second kappa shape index (κ2) is 6.49. The molecular weight excluding hydrogens is 334 g/mol. The van der Waals surface area contributed by atoms with Gasteiger partial charge in [0.15, 0.2) is 0 Å². The topological polar surface area (TPSA) is 74.7 Å². The van der Waals surface area contributed by atoms with Crippen molar-refractivity contribution in [2.75, 3.05) is 13.6 Å². The Balaban J connectivity index is 2.84. The highest BCUT2D eigenvalue weighted by atomic mass is 79.9. The van der Waals surface area contributed by atoms with Crippen molar-refractivity contribution < 1.29 is 18.3 Å². The van der Waals surface area contributed by atoms with Crippen molar-refractivity contribution in [3.8, 4) is 0 Å². The molecule has 1 aromatic rings. The molecule has 0 heterocycles. The van der Waals surface area contributed by atoms with Crippen LogP contribution >= 0.6 is 15.9 Å². The molecule has 0 aliphatic carbocycles. The van der Waals surface area contributed by atoms with Crippen LogP contribution in [0.5, 0.6) is 0 Å². The number of hydrogen-bond donors (Lipinski definition) is 1. The Labute approximate surface area is 121 Å². The fourth-order valence-electron chi connectivity index (χ4n) is 1.53. The number of hydrogen-bond acceptors (Lipinski definition) is 3. The van der Waals surface area contributed by atoms with Crippen molar-refractivity contribution in [1.29, 1.82) is 0 Å². The largest absolute Gasteiger partial charge is 0.481 e. The van der Waals surface area contributed by atoms with Crippen molar-refractivity contribution >= 4 is 31.9 Å². The Bertz CT molecular complexity index is 571. The van der Waals surface area contributed by atoms with E-state index in [2.05, 4.69) is 15.9 Å². The first-order valence-corrected chi connectivity index (χ1v) is 7.92. The second-order valence-electron chi connectivity index (χ2n) is 4.23. The molecule has 0 amide bonds. The van der Waals surface area contributed by atoms with Gasteiger partial charge in [-0.2, -0.15) is 0 Å². The predicted molar refractivity (Wildman–Crippen MR) is 75.6 cm³/mol. The van der Waals surface area contributed by atoms with Gasteiger partial charge in [0.05, 0.1) is 4.90 Å².